The smallest absolute Gasteiger partial charge is 0.317 e. The number of urea groups is 1. The van der Waals surface area contributed by atoms with E-state index in [2.05, 4.69) is 19.2 Å². The molecule has 0 heterocycles. The minimum absolute atomic E-state index is 0.0590. The normalized spacial score (nSPS) is 25.7. The first-order valence-corrected chi connectivity index (χ1v) is 8.29. The summed E-state index contributed by atoms with van der Waals surface area (Å²) >= 11 is 0. The van der Waals surface area contributed by atoms with Crippen LogP contribution in [-0.4, -0.2) is 40.6 Å². The number of amides is 2. The van der Waals surface area contributed by atoms with Crippen molar-refractivity contribution in [2.75, 3.05) is 6.54 Å². The van der Waals surface area contributed by atoms with Crippen LogP contribution in [0, 0.1) is 11.8 Å². The van der Waals surface area contributed by atoms with Crippen molar-refractivity contribution in [3.8, 4) is 0 Å². The Hall–Kier alpha value is -1.26. The number of carboxylic acids is 1. The highest BCUT2D eigenvalue weighted by molar-refractivity contribution is 5.77. The van der Waals surface area contributed by atoms with E-state index in [4.69, 9.17) is 0 Å². The molecule has 0 aromatic heterocycles. The van der Waals surface area contributed by atoms with E-state index in [0.29, 0.717) is 18.4 Å². The topological polar surface area (TPSA) is 69.6 Å². The maximum Gasteiger partial charge on any atom is 0.317 e. The lowest BCUT2D eigenvalue weighted by atomic mass is 9.84. The summed E-state index contributed by atoms with van der Waals surface area (Å²) in [6.07, 6.45) is 6.57. The quantitative estimate of drug-likeness (QED) is 0.792. The lowest BCUT2D eigenvalue weighted by molar-refractivity contribution is -0.143. The van der Waals surface area contributed by atoms with Crippen LogP contribution < -0.4 is 5.32 Å². The van der Waals surface area contributed by atoms with Crippen LogP contribution >= 0.6 is 0 Å². The number of aliphatic carboxylic acids is 1. The molecule has 2 aliphatic carbocycles. The number of nitrogens with one attached hydrogen (secondary N) is 1. The number of nitrogens with zero attached hydrogens (tertiary/aromatic N) is 1. The molecule has 21 heavy (non-hydrogen) atoms. The van der Waals surface area contributed by atoms with Crippen LogP contribution in [0.1, 0.15) is 58.8 Å². The highest BCUT2D eigenvalue weighted by atomic mass is 16.4. The lowest BCUT2D eigenvalue weighted by Gasteiger charge is -2.32. The fourth-order valence-corrected chi connectivity index (χ4v) is 3.07. The van der Waals surface area contributed by atoms with Gasteiger partial charge in [0.2, 0.25) is 0 Å². The molecule has 0 spiro atoms. The molecule has 5 nitrogen and oxygen atoms in total. The van der Waals surface area contributed by atoms with E-state index < -0.39 is 11.9 Å². The van der Waals surface area contributed by atoms with Crippen LogP contribution in [0.5, 0.6) is 0 Å². The Morgan fingerprint density at radius 2 is 1.86 bits per heavy atom. The van der Waals surface area contributed by atoms with E-state index >= 15 is 0 Å². The van der Waals surface area contributed by atoms with Gasteiger partial charge in [0.05, 0.1) is 5.92 Å². The Balaban J connectivity index is 1.92. The van der Waals surface area contributed by atoms with Gasteiger partial charge in [0.25, 0.3) is 0 Å². The molecule has 2 unspecified atom stereocenters. The third kappa shape index (κ3) is 4.61. The van der Waals surface area contributed by atoms with Crippen molar-refractivity contribution >= 4 is 12.0 Å². The first-order chi connectivity index (χ1) is 9.99. The van der Waals surface area contributed by atoms with E-state index in [1.807, 2.05) is 4.90 Å². The van der Waals surface area contributed by atoms with Crippen molar-refractivity contribution in [2.24, 2.45) is 11.8 Å². The summed E-state index contributed by atoms with van der Waals surface area (Å²) in [5, 5.41) is 12.3. The molecule has 2 N–H and O–H groups in total. The maximum absolute atomic E-state index is 12.5. The highest BCUT2D eigenvalue weighted by Gasteiger charge is 2.36. The Morgan fingerprint density at radius 1 is 1.19 bits per heavy atom. The third-order valence-corrected chi connectivity index (χ3v) is 4.59. The molecule has 2 aliphatic rings. The average molecular weight is 296 g/mol. The summed E-state index contributed by atoms with van der Waals surface area (Å²) < 4.78 is 0. The van der Waals surface area contributed by atoms with Crippen molar-refractivity contribution < 1.29 is 14.7 Å². The van der Waals surface area contributed by atoms with Crippen molar-refractivity contribution in [3.63, 3.8) is 0 Å². The van der Waals surface area contributed by atoms with Crippen LogP contribution in [0.3, 0.4) is 0 Å². The molecule has 2 fully saturated rings. The molecule has 0 aromatic rings. The molecule has 0 radical (unpaired) electrons. The predicted octanol–water partition coefficient (Wildman–Crippen LogP) is 2.85. The number of carbonyl (C=O) groups excluding carboxylic acids is 1. The zero-order valence-electron chi connectivity index (χ0n) is 13.2. The summed E-state index contributed by atoms with van der Waals surface area (Å²) in [6, 6.07) is 0.107. The molecule has 0 saturated heterocycles. The number of hydrogen-bond donors (Lipinski definition) is 2. The second-order valence-corrected chi connectivity index (χ2v) is 6.89. The molecule has 2 saturated carbocycles. The number of hydrogen-bond acceptors (Lipinski definition) is 2. The Kier molecular flexibility index (Phi) is 5.48. The van der Waals surface area contributed by atoms with Crippen LogP contribution in [0.25, 0.3) is 0 Å². The van der Waals surface area contributed by atoms with Gasteiger partial charge in [-0.15, -0.1) is 0 Å². The minimum atomic E-state index is -0.778. The van der Waals surface area contributed by atoms with Crippen molar-refractivity contribution in [3.05, 3.63) is 0 Å². The van der Waals surface area contributed by atoms with Crippen LogP contribution in [0.15, 0.2) is 0 Å². The second kappa shape index (κ2) is 7.14. The molecule has 2 atom stereocenters. The monoisotopic (exact) mass is 296 g/mol. The van der Waals surface area contributed by atoms with E-state index in [9.17, 15) is 14.7 Å². The van der Waals surface area contributed by atoms with Crippen molar-refractivity contribution in [1.29, 1.82) is 0 Å². The molecule has 0 bridgehead atoms. The molecule has 2 rings (SSSR count). The minimum Gasteiger partial charge on any atom is -0.481 e. The van der Waals surface area contributed by atoms with Crippen molar-refractivity contribution in [2.45, 2.75) is 70.9 Å². The molecule has 120 valence electrons. The van der Waals surface area contributed by atoms with Crippen LogP contribution in [0.4, 0.5) is 4.79 Å². The van der Waals surface area contributed by atoms with Gasteiger partial charge < -0.3 is 15.3 Å². The summed E-state index contributed by atoms with van der Waals surface area (Å²) in [5.74, 6) is -0.630. The van der Waals surface area contributed by atoms with E-state index in [1.165, 1.54) is 0 Å². The van der Waals surface area contributed by atoms with Gasteiger partial charge in [0.1, 0.15) is 0 Å². The standard InChI is InChI=1S/C16H28N2O3/c1-11(2)9-10-18(12-7-8-12)16(21)17-14-6-4-3-5-13(14)15(19)20/h11-14H,3-10H2,1-2H3,(H,17,21)(H,19,20). The first-order valence-electron chi connectivity index (χ1n) is 8.29. The Labute approximate surface area is 127 Å². The largest absolute Gasteiger partial charge is 0.481 e. The fourth-order valence-electron chi connectivity index (χ4n) is 3.07. The number of rotatable bonds is 6. The van der Waals surface area contributed by atoms with E-state index in [0.717, 1.165) is 45.1 Å². The van der Waals surface area contributed by atoms with Crippen LogP contribution in [-0.2, 0) is 4.79 Å². The number of carbonyl (C=O) groups is 2. The zero-order chi connectivity index (χ0) is 15.4. The molecular formula is C16H28N2O3. The van der Waals surface area contributed by atoms with Gasteiger partial charge in [-0.3, -0.25) is 4.79 Å². The molecule has 0 aromatic carbocycles. The van der Waals surface area contributed by atoms with Gasteiger partial charge in [-0.05, 0) is 38.0 Å². The fraction of sp³-hybridized carbons (Fsp3) is 0.875. The predicted molar refractivity (Wildman–Crippen MR) is 81.1 cm³/mol. The highest BCUT2D eigenvalue weighted by Crippen LogP contribution is 2.29. The van der Waals surface area contributed by atoms with Gasteiger partial charge in [0, 0.05) is 18.6 Å². The van der Waals surface area contributed by atoms with Gasteiger partial charge in [0.15, 0.2) is 0 Å². The van der Waals surface area contributed by atoms with Gasteiger partial charge in [-0.25, -0.2) is 4.79 Å². The second-order valence-electron chi connectivity index (χ2n) is 6.89. The number of carboxylic acid groups (broad SMARTS) is 1. The van der Waals surface area contributed by atoms with Crippen molar-refractivity contribution in [1.82, 2.24) is 10.2 Å². The third-order valence-electron chi connectivity index (χ3n) is 4.59. The molecule has 2 amide bonds. The summed E-state index contributed by atoms with van der Waals surface area (Å²) in [6.45, 7) is 5.09. The SMILES string of the molecule is CC(C)CCN(C(=O)NC1CCCCC1C(=O)O)C1CC1. The Morgan fingerprint density at radius 3 is 2.43 bits per heavy atom. The Bertz CT molecular complexity index is 380. The van der Waals surface area contributed by atoms with Gasteiger partial charge in [-0.1, -0.05) is 26.7 Å². The molecule has 0 aliphatic heterocycles. The summed E-state index contributed by atoms with van der Waals surface area (Å²) in [5.41, 5.74) is 0. The lowest BCUT2D eigenvalue weighted by Crippen LogP contribution is -2.51. The maximum atomic E-state index is 12.5. The van der Waals surface area contributed by atoms with E-state index in [1.54, 1.807) is 0 Å². The summed E-state index contributed by atoms with van der Waals surface area (Å²) in [7, 11) is 0. The van der Waals surface area contributed by atoms with Crippen LogP contribution in [0.2, 0.25) is 0 Å². The summed E-state index contributed by atoms with van der Waals surface area (Å²) in [4.78, 5) is 25.7. The molecular weight excluding hydrogens is 268 g/mol. The zero-order valence-corrected chi connectivity index (χ0v) is 13.2. The average Bonchev–Trinajstić information content (AvgIpc) is 3.23. The first kappa shape index (κ1) is 16.1. The van der Waals surface area contributed by atoms with E-state index in [-0.39, 0.29) is 12.1 Å². The van der Waals surface area contributed by atoms with Gasteiger partial charge in [-0.2, -0.15) is 0 Å². The van der Waals surface area contributed by atoms with Gasteiger partial charge >= 0.3 is 12.0 Å². The molecule has 5 heteroatoms.